The topological polar surface area (TPSA) is 75.3 Å². The van der Waals surface area contributed by atoms with Crippen LogP contribution in [0.2, 0.25) is 0 Å². The van der Waals surface area contributed by atoms with Crippen LogP contribution in [-0.2, 0) is 16.3 Å². The molecule has 2 aliphatic rings. The minimum atomic E-state index is -3.02. The summed E-state index contributed by atoms with van der Waals surface area (Å²) >= 11 is 0. The molecule has 0 bridgehead atoms. The molecular weight excluding hydrogens is 312 g/mol. The number of sulfone groups is 1. The van der Waals surface area contributed by atoms with Crippen molar-refractivity contribution in [3.63, 3.8) is 0 Å². The number of nitrogens with one attached hydrogen (secondary N) is 2. The molecule has 7 heteroatoms. The number of carbonyl (C=O) groups excluding carboxylic acids is 1. The molecule has 2 N–H and O–H groups in total. The summed E-state index contributed by atoms with van der Waals surface area (Å²) in [6, 6.07) is 5.57. The third-order valence-corrected chi connectivity index (χ3v) is 5.90. The van der Waals surface area contributed by atoms with Crippen LogP contribution in [0, 0.1) is 0 Å². The van der Waals surface area contributed by atoms with Gasteiger partial charge in [0.15, 0.2) is 9.84 Å². The summed E-state index contributed by atoms with van der Waals surface area (Å²) in [5, 5.41) is 6.13. The SMILES string of the molecule is CC1(NC(=O)c2ccc3c(c2)CCN3)CCS(=O)(=O)C1.Cl. The minimum Gasteiger partial charge on any atom is -0.384 e. The highest BCUT2D eigenvalue weighted by Gasteiger charge is 2.39. The highest BCUT2D eigenvalue weighted by atomic mass is 35.5. The van der Waals surface area contributed by atoms with Gasteiger partial charge < -0.3 is 10.6 Å². The van der Waals surface area contributed by atoms with Gasteiger partial charge >= 0.3 is 0 Å². The third-order valence-electron chi connectivity index (χ3n) is 4.00. The molecule has 1 amide bonds. The van der Waals surface area contributed by atoms with Gasteiger partial charge in [-0.3, -0.25) is 4.79 Å². The van der Waals surface area contributed by atoms with Crippen LogP contribution in [0.1, 0.15) is 29.3 Å². The maximum Gasteiger partial charge on any atom is 0.251 e. The van der Waals surface area contributed by atoms with Crippen LogP contribution in [-0.4, -0.2) is 37.9 Å². The van der Waals surface area contributed by atoms with E-state index in [1.165, 1.54) is 0 Å². The summed E-state index contributed by atoms with van der Waals surface area (Å²) in [7, 11) is -3.02. The number of benzene rings is 1. The third kappa shape index (κ3) is 3.32. The smallest absolute Gasteiger partial charge is 0.251 e. The van der Waals surface area contributed by atoms with Gasteiger partial charge in [0.25, 0.3) is 5.91 Å². The van der Waals surface area contributed by atoms with Gasteiger partial charge in [0.05, 0.1) is 17.0 Å². The molecule has 0 spiro atoms. The Morgan fingerprint density at radius 1 is 1.38 bits per heavy atom. The fourth-order valence-corrected chi connectivity index (χ4v) is 4.99. The second-order valence-corrected chi connectivity index (χ2v) is 8.09. The van der Waals surface area contributed by atoms with Crippen LogP contribution >= 0.6 is 12.4 Å². The van der Waals surface area contributed by atoms with E-state index in [9.17, 15) is 13.2 Å². The van der Waals surface area contributed by atoms with Crippen molar-refractivity contribution in [2.45, 2.75) is 25.3 Å². The van der Waals surface area contributed by atoms with E-state index in [-0.39, 0.29) is 29.8 Å². The molecular formula is C14H19ClN2O3S. The van der Waals surface area contributed by atoms with Gasteiger partial charge in [-0.15, -0.1) is 12.4 Å². The number of hydrogen-bond donors (Lipinski definition) is 2. The average molecular weight is 331 g/mol. The van der Waals surface area contributed by atoms with Crippen LogP contribution in [0.15, 0.2) is 18.2 Å². The summed E-state index contributed by atoms with van der Waals surface area (Å²) in [5.41, 5.74) is 2.17. The Labute approximate surface area is 130 Å². The molecule has 1 fully saturated rings. The second-order valence-electron chi connectivity index (χ2n) is 5.91. The summed E-state index contributed by atoms with van der Waals surface area (Å²) in [6.07, 6.45) is 1.40. The number of hydrogen-bond acceptors (Lipinski definition) is 4. The van der Waals surface area contributed by atoms with Crippen LogP contribution in [0.25, 0.3) is 0 Å². The van der Waals surface area contributed by atoms with E-state index in [2.05, 4.69) is 10.6 Å². The van der Waals surface area contributed by atoms with E-state index in [4.69, 9.17) is 0 Å². The minimum absolute atomic E-state index is 0. The quantitative estimate of drug-likeness (QED) is 0.859. The standard InChI is InChI=1S/C14H18N2O3S.ClH/c1-14(5-7-20(18,19)9-14)16-13(17)11-2-3-12-10(8-11)4-6-15-12;/h2-3,8,15H,4-7,9H2,1H3,(H,16,17);1H. The average Bonchev–Trinajstić information content (AvgIpc) is 2.92. The Balaban J connectivity index is 0.00000161. The number of anilines is 1. The van der Waals surface area contributed by atoms with E-state index in [0.29, 0.717) is 12.0 Å². The molecule has 0 aromatic heterocycles. The van der Waals surface area contributed by atoms with Gasteiger partial charge in [-0.05, 0) is 43.5 Å². The molecule has 2 heterocycles. The van der Waals surface area contributed by atoms with Crippen LogP contribution in [0.4, 0.5) is 5.69 Å². The monoisotopic (exact) mass is 330 g/mol. The zero-order chi connectivity index (χ0) is 14.4. The first-order valence-electron chi connectivity index (χ1n) is 6.77. The zero-order valence-electron chi connectivity index (χ0n) is 11.8. The fourth-order valence-electron chi connectivity index (χ4n) is 2.90. The number of halogens is 1. The zero-order valence-corrected chi connectivity index (χ0v) is 13.4. The van der Waals surface area contributed by atoms with Gasteiger partial charge in [-0.1, -0.05) is 0 Å². The molecule has 1 saturated heterocycles. The van der Waals surface area contributed by atoms with Crippen molar-refractivity contribution in [1.29, 1.82) is 0 Å². The first-order chi connectivity index (χ1) is 9.37. The van der Waals surface area contributed by atoms with Gasteiger partial charge in [-0.2, -0.15) is 0 Å². The predicted octanol–water partition coefficient (Wildman–Crippen LogP) is 1.38. The molecule has 1 unspecified atom stereocenters. The Hall–Kier alpha value is -1.27. The lowest BCUT2D eigenvalue weighted by Gasteiger charge is -2.24. The van der Waals surface area contributed by atoms with Gasteiger partial charge in [0.1, 0.15) is 0 Å². The highest BCUT2D eigenvalue weighted by Crippen LogP contribution is 2.25. The molecule has 21 heavy (non-hydrogen) atoms. The first-order valence-corrected chi connectivity index (χ1v) is 8.59. The number of carbonyl (C=O) groups is 1. The lowest BCUT2D eigenvalue weighted by atomic mass is 10.0. The molecule has 1 aromatic rings. The van der Waals surface area contributed by atoms with E-state index >= 15 is 0 Å². The number of fused-ring (bicyclic) bond motifs is 1. The largest absolute Gasteiger partial charge is 0.384 e. The van der Waals surface area contributed by atoms with Crippen LogP contribution in [0.5, 0.6) is 0 Å². The Morgan fingerprint density at radius 3 is 2.81 bits per heavy atom. The van der Waals surface area contributed by atoms with Crippen molar-refractivity contribution in [2.75, 3.05) is 23.4 Å². The van der Waals surface area contributed by atoms with E-state index in [1.807, 2.05) is 12.1 Å². The Morgan fingerprint density at radius 2 is 2.14 bits per heavy atom. The number of amides is 1. The maximum atomic E-state index is 12.3. The molecule has 0 aliphatic carbocycles. The molecule has 2 aliphatic heterocycles. The van der Waals surface area contributed by atoms with E-state index in [0.717, 1.165) is 24.2 Å². The van der Waals surface area contributed by atoms with Crippen molar-refractivity contribution in [2.24, 2.45) is 0 Å². The molecule has 0 saturated carbocycles. The van der Waals surface area contributed by atoms with E-state index < -0.39 is 15.4 Å². The molecule has 5 nitrogen and oxygen atoms in total. The molecule has 1 aromatic carbocycles. The van der Waals surface area contributed by atoms with Gasteiger partial charge in [0, 0.05) is 17.8 Å². The van der Waals surface area contributed by atoms with Crippen molar-refractivity contribution in [1.82, 2.24) is 5.32 Å². The van der Waals surface area contributed by atoms with Gasteiger partial charge in [-0.25, -0.2) is 8.42 Å². The first kappa shape index (κ1) is 16.1. The highest BCUT2D eigenvalue weighted by molar-refractivity contribution is 7.91. The summed E-state index contributed by atoms with van der Waals surface area (Å²) in [6.45, 7) is 2.70. The lowest BCUT2D eigenvalue weighted by molar-refractivity contribution is 0.0915. The lowest BCUT2D eigenvalue weighted by Crippen LogP contribution is -2.46. The van der Waals surface area contributed by atoms with Crippen LogP contribution < -0.4 is 10.6 Å². The molecule has 3 rings (SSSR count). The van der Waals surface area contributed by atoms with Crippen molar-refractivity contribution < 1.29 is 13.2 Å². The molecule has 116 valence electrons. The molecule has 0 radical (unpaired) electrons. The van der Waals surface area contributed by atoms with Crippen molar-refractivity contribution in [3.05, 3.63) is 29.3 Å². The summed E-state index contributed by atoms with van der Waals surface area (Å²) in [4.78, 5) is 12.3. The van der Waals surface area contributed by atoms with E-state index in [1.54, 1.807) is 13.0 Å². The van der Waals surface area contributed by atoms with Gasteiger partial charge in [0.2, 0.25) is 0 Å². The number of rotatable bonds is 2. The van der Waals surface area contributed by atoms with Crippen molar-refractivity contribution >= 4 is 33.8 Å². The summed E-state index contributed by atoms with van der Waals surface area (Å²) < 4.78 is 23.1. The van der Waals surface area contributed by atoms with Crippen molar-refractivity contribution in [3.8, 4) is 0 Å². The predicted molar refractivity (Wildman–Crippen MR) is 85.0 cm³/mol. The van der Waals surface area contributed by atoms with Crippen LogP contribution in [0.3, 0.4) is 0 Å². The fraction of sp³-hybridized carbons (Fsp3) is 0.500. The Kier molecular flexibility index (Phi) is 4.22. The summed E-state index contributed by atoms with van der Waals surface area (Å²) in [5.74, 6) is -0.0184. The second kappa shape index (κ2) is 5.50. The Bertz CT molecular complexity index is 675. The maximum absolute atomic E-state index is 12.3. The normalized spacial score (nSPS) is 25.6. The molecule has 1 atom stereocenters.